The van der Waals surface area contributed by atoms with E-state index in [0.717, 1.165) is 0 Å². The zero-order valence-electron chi connectivity index (χ0n) is 10.5. The predicted octanol–water partition coefficient (Wildman–Crippen LogP) is 4.36. The Balaban J connectivity index is 2.34. The quantitative estimate of drug-likeness (QED) is 0.776. The summed E-state index contributed by atoms with van der Waals surface area (Å²) in [5.74, 6) is -1.43. The normalized spacial score (nSPS) is 12.1. The minimum atomic E-state index is -1.55. The fourth-order valence-electron chi connectivity index (χ4n) is 1.72. The number of carbonyl (C=O) groups is 1. The largest absolute Gasteiger partial charge is 0.478 e. The van der Waals surface area contributed by atoms with E-state index in [-0.39, 0.29) is 20.7 Å². The maximum atomic E-state index is 13.2. The summed E-state index contributed by atoms with van der Waals surface area (Å²) in [5, 5.41) is 9.15. The fraction of sp³-hybridized carbons (Fsp3) is 0.0714. The molecule has 21 heavy (non-hydrogen) atoms. The van der Waals surface area contributed by atoms with Gasteiger partial charge in [0.2, 0.25) is 0 Å². The van der Waals surface area contributed by atoms with E-state index in [9.17, 15) is 13.4 Å². The van der Waals surface area contributed by atoms with E-state index in [1.165, 1.54) is 30.3 Å². The van der Waals surface area contributed by atoms with E-state index in [2.05, 4.69) is 31.9 Å². The number of benzene rings is 2. The summed E-state index contributed by atoms with van der Waals surface area (Å²) in [6.45, 7) is 0. The zero-order valence-corrected chi connectivity index (χ0v) is 14.5. The van der Waals surface area contributed by atoms with Crippen LogP contribution in [0, 0.1) is 5.82 Å². The minimum Gasteiger partial charge on any atom is -0.478 e. The highest BCUT2D eigenvalue weighted by molar-refractivity contribution is 9.10. The third kappa shape index (κ3) is 3.99. The van der Waals surface area contributed by atoms with Crippen molar-refractivity contribution in [1.29, 1.82) is 0 Å². The van der Waals surface area contributed by atoms with Gasteiger partial charge in [-0.1, -0.05) is 22.0 Å². The lowest BCUT2D eigenvalue weighted by atomic mass is 10.2. The molecule has 0 saturated heterocycles. The van der Waals surface area contributed by atoms with Gasteiger partial charge in [0, 0.05) is 4.47 Å². The second-order valence-corrected chi connectivity index (χ2v) is 7.37. The molecule has 110 valence electrons. The molecule has 0 heterocycles. The van der Waals surface area contributed by atoms with Crippen molar-refractivity contribution >= 4 is 48.6 Å². The SMILES string of the molecule is O=C(O)c1ccc(Br)cc1S(=O)Cc1ccc(F)c(Br)c1. The van der Waals surface area contributed by atoms with Gasteiger partial charge in [0.05, 0.1) is 31.5 Å². The smallest absolute Gasteiger partial charge is 0.336 e. The third-order valence-corrected chi connectivity index (χ3v) is 5.23. The van der Waals surface area contributed by atoms with Gasteiger partial charge in [-0.25, -0.2) is 9.18 Å². The molecular weight excluding hydrogens is 427 g/mol. The first kappa shape index (κ1) is 16.3. The molecule has 0 aliphatic rings. The summed E-state index contributed by atoms with van der Waals surface area (Å²) >= 11 is 6.30. The van der Waals surface area contributed by atoms with Gasteiger partial charge in [0.25, 0.3) is 0 Å². The van der Waals surface area contributed by atoms with Crippen LogP contribution in [0.1, 0.15) is 15.9 Å². The summed E-state index contributed by atoms with van der Waals surface area (Å²) in [4.78, 5) is 11.4. The van der Waals surface area contributed by atoms with Crippen LogP contribution in [0.3, 0.4) is 0 Å². The van der Waals surface area contributed by atoms with Gasteiger partial charge in [0.15, 0.2) is 0 Å². The van der Waals surface area contributed by atoms with Crippen molar-refractivity contribution in [2.75, 3.05) is 0 Å². The molecule has 7 heteroatoms. The second kappa shape index (κ2) is 6.81. The van der Waals surface area contributed by atoms with Crippen LogP contribution in [0.4, 0.5) is 4.39 Å². The molecule has 1 unspecified atom stereocenters. The number of carboxylic acid groups (broad SMARTS) is 1. The Bertz CT molecular complexity index is 734. The lowest BCUT2D eigenvalue weighted by molar-refractivity contribution is 0.0693. The first-order valence-corrected chi connectivity index (χ1v) is 8.64. The molecule has 2 rings (SSSR count). The number of aromatic carboxylic acids is 1. The Morgan fingerprint density at radius 2 is 1.90 bits per heavy atom. The van der Waals surface area contributed by atoms with Gasteiger partial charge in [-0.2, -0.15) is 0 Å². The molecule has 0 fully saturated rings. The molecule has 1 N–H and O–H groups in total. The molecule has 0 amide bonds. The minimum absolute atomic E-state index is 0.00212. The molecule has 0 bridgehead atoms. The maximum absolute atomic E-state index is 13.2. The monoisotopic (exact) mass is 434 g/mol. The predicted molar refractivity (Wildman–Crippen MR) is 85.3 cm³/mol. The highest BCUT2D eigenvalue weighted by Crippen LogP contribution is 2.24. The Labute approximate surface area is 139 Å². The maximum Gasteiger partial charge on any atom is 0.336 e. The molecular formula is C14H9Br2FO3S. The van der Waals surface area contributed by atoms with E-state index in [1.54, 1.807) is 6.07 Å². The number of hydrogen-bond donors (Lipinski definition) is 1. The molecule has 0 aromatic heterocycles. The molecule has 0 saturated carbocycles. The van der Waals surface area contributed by atoms with Crippen LogP contribution in [0.2, 0.25) is 0 Å². The van der Waals surface area contributed by atoms with Crippen molar-refractivity contribution in [2.45, 2.75) is 10.6 Å². The summed E-state index contributed by atoms with van der Waals surface area (Å²) in [5.41, 5.74) is 0.649. The van der Waals surface area contributed by atoms with Crippen LogP contribution in [-0.2, 0) is 16.6 Å². The van der Waals surface area contributed by atoms with Crippen molar-refractivity contribution in [3.63, 3.8) is 0 Å². The molecule has 0 spiro atoms. The Morgan fingerprint density at radius 3 is 2.52 bits per heavy atom. The van der Waals surface area contributed by atoms with Crippen molar-refractivity contribution in [3.8, 4) is 0 Å². The first-order chi connectivity index (χ1) is 9.88. The van der Waals surface area contributed by atoms with E-state index >= 15 is 0 Å². The van der Waals surface area contributed by atoms with E-state index in [1.807, 2.05) is 0 Å². The van der Waals surface area contributed by atoms with Crippen LogP contribution >= 0.6 is 31.9 Å². The van der Waals surface area contributed by atoms with Crippen molar-refractivity contribution < 1.29 is 18.5 Å². The van der Waals surface area contributed by atoms with Crippen molar-refractivity contribution in [2.24, 2.45) is 0 Å². The molecule has 0 aliphatic carbocycles. The van der Waals surface area contributed by atoms with Gasteiger partial charge >= 0.3 is 5.97 Å². The fourth-order valence-corrected chi connectivity index (χ4v) is 3.96. The van der Waals surface area contributed by atoms with E-state index in [4.69, 9.17) is 5.11 Å². The Kier molecular flexibility index (Phi) is 5.29. The van der Waals surface area contributed by atoms with Crippen LogP contribution in [0.25, 0.3) is 0 Å². The highest BCUT2D eigenvalue weighted by Gasteiger charge is 2.16. The number of rotatable bonds is 4. The number of halogens is 3. The van der Waals surface area contributed by atoms with Gasteiger partial charge in [0.1, 0.15) is 5.82 Å². The molecule has 0 radical (unpaired) electrons. The van der Waals surface area contributed by atoms with Crippen molar-refractivity contribution in [3.05, 3.63) is 62.3 Å². The van der Waals surface area contributed by atoms with Crippen molar-refractivity contribution in [1.82, 2.24) is 0 Å². The molecule has 2 aromatic carbocycles. The molecule has 3 nitrogen and oxygen atoms in total. The summed E-state index contributed by atoms with van der Waals surface area (Å²) in [6, 6.07) is 8.84. The van der Waals surface area contributed by atoms with Gasteiger partial charge in [-0.05, 0) is 51.8 Å². The number of carboxylic acids is 1. The van der Waals surface area contributed by atoms with Crippen LogP contribution in [-0.4, -0.2) is 15.3 Å². The average molecular weight is 436 g/mol. The van der Waals surface area contributed by atoms with Crippen LogP contribution < -0.4 is 0 Å². The van der Waals surface area contributed by atoms with Gasteiger partial charge in [-0.3, -0.25) is 4.21 Å². The summed E-state index contributed by atoms with van der Waals surface area (Å²) < 4.78 is 26.5. The van der Waals surface area contributed by atoms with Gasteiger partial charge < -0.3 is 5.11 Å². The van der Waals surface area contributed by atoms with Crippen LogP contribution in [0.15, 0.2) is 50.2 Å². The van der Waals surface area contributed by atoms with Crippen LogP contribution in [0.5, 0.6) is 0 Å². The zero-order chi connectivity index (χ0) is 15.6. The molecule has 1 atom stereocenters. The lowest BCUT2D eigenvalue weighted by Crippen LogP contribution is -2.06. The first-order valence-electron chi connectivity index (χ1n) is 5.73. The molecule has 2 aromatic rings. The molecule has 0 aliphatic heterocycles. The second-order valence-electron chi connectivity index (χ2n) is 4.18. The Morgan fingerprint density at radius 1 is 1.19 bits per heavy atom. The standard InChI is InChI=1S/C14H9Br2FO3S/c15-9-2-3-10(14(18)19)13(6-9)21(20)7-8-1-4-12(17)11(16)5-8/h1-6H,7H2,(H,18,19). The summed E-state index contributed by atoms with van der Waals surface area (Å²) in [7, 11) is -1.55. The lowest BCUT2D eigenvalue weighted by Gasteiger charge is -2.08. The highest BCUT2D eigenvalue weighted by atomic mass is 79.9. The third-order valence-electron chi connectivity index (χ3n) is 2.70. The number of hydrogen-bond acceptors (Lipinski definition) is 2. The average Bonchev–Trinajstić information content (AvgIpc) is 2.42. The van der Waals surface area contributed by atoms with Gasteiger partial charge in [-0.15, -0.1) is 0 Å². The van der Waals surface area contributed by atoms with E-state index < -0.39 is 22.6 Å². The Hall–Kier alpha value is -1.05. The topological polar surface area (TPSA) is 54.4 Å². The van der Waals surface area contributed by atoms with E-state index in [0.29, 0.717) is 10.0 Å². The summed E-state index contributed by atoms with van der Waals surface area (Å²) in [6.07, 6.45) is 0.